The van der Waals surface area contributed by atoms with Crippen molar-refractivity contribution >= 4 is 24.7 Å². The molecule has 0 heterocycles. The largest absolute Gasteiger partial charge is 0.539 e. The van der Waals surface area contributed by atoms with Crippen LogP contribution in [0.25, 0.3) is 0 Å². The van der Waals surface area contributed by atoms with Crippen LogP contribution >= 0.6 is 0 Å². The van der Waals surface area contributed by atoms with Gasteiger partial charge in [0.2, 0.25) is 0 Å². The van der Waals surface area contributed by atoms with Gasteiger partial charge >= 0.3 is 14.3 Å². The number of benzene rings is 2. The average Bonchev–Trinajstić information content (AvgIpc) is 2.63. The van der Waals surface area contributed by atoms with E-state index in [1.165, 1.54) is 10.4 Å². The molecule has 0 amide bonds. The van der Waals surface area contributed by atoms with Crippen molar-refractivity contribution < 1.29 is 14.0 Å². The van der Waals surface area contributed by atoms with E-state index in [1.807, 2.05) is 36.4 Å². The van der Waals surface area contributed by atoms with Gasteiger partial charge in [-0.05, 0) is 29.3 Å². The summed E-state index contributed by atoms with van der Waals surface area (Å²) < 4.78 is 11.7. The normalized spacial score (nSPS) is 12.6. The highest BCUT2D eigenvalue weighted by atomic mass is 28.4. The lowest BCUT2D eigenvalue weighted by Crippen LogP contribution is -2.65. The predicted octanol–water partition coefficient (Wildman–Crippen LogP) is 4.03. The van der Waals surface area contributed by atoms with Crippen molar-refractivity contribution in [2.24, 2.45) is 0 Å². The first-order valence-corrected chi connectivity index (χ1v) is 10.9. The van der Waals surface area contributed by atoms with E-state index in [2.05, 4.69) is 45.0 Å². The van der Waals surface area contributed by atoms with Crippen LogP contribution in [0.4, 0.5) is 0 Å². The van der Waals surface area contributed by atoms with Crippen LogP contribution in [0, 0.1) is 0 Å². The molecule has 0 aromatic heterocycles. The van der Waals surface area contributed by atoms with Gasteiger partial charge in [-0.25, -0.2) is 4.79 Å². The molecular weight excluding hydrogens is 340 g/mol. The molecule has 0 saturated heterocycles. The van der Waals surface area contributed by atoms with Gasteiger partial charge < -0.3 is 9.16 Å². The van der Waals surface area contributed by atoms with Gasteiger partial charge in [0.15, 0.2) is 0 Å². The maximum absolute atomic E-state index is 12.0. The van der Waals surface area contributed by atoms with E-state index >= 15 is 0 Å². The number of hydrogen-bond donors (Lipinski definition) is 0. The summed E-state index contributed by atoms with van der Waals surface area (Å²) >= 11 is 0. The molecule has 4 heteroatoms. The van der Waals surface area contributed by atoms with Crippen LogP contribution < -0.4 is 10.4 Å². The zero-order chi connectivity index (χ0) is 19.2. The Balaban J connectivity index is 2.61. The minimum Gasteiger partial charge on any atom is -0.539 e. The Hall–Kier alpha value is -2.33. The minimum absolute atomic E-state index is 0.138. The van der Waals surface area contributed by atoms with E-state index in [-0.39, 0.29) is 11.0 Å². The van der Waals surface area contributed by atoms with Gasteiger partial charge in [0.1, 0.15) is 0 Å². The van der Waals surface area contributed by atoms with Gasteiger partial charge in [-0.1, -0.05) is 81.4 Å². The fraction of sp³-hybridized carbons (Fsp3) is 0.318. The Morgan fingerprint density at radius 3 is 1.81 bits per heavy atom. The Morgan fingerprint density at radius 2 is 1.42 bits per heavy atom. The molecule has 0 fully saturated rings. The molecule has 0 saturated carbocycles. The molecule has 2 aromatic rings. The Kier molecular flexibility index (Phi) is 6.43. The quantitative estimate of drug-likeness (QED) is 0.334. The van der Waals surface area contributed by atoms with Crippen LogP contribution in [0.5, 0.6) is 0 Å². The maximum Gasteiger partial charge on any atom is 0.336 e. The summed E-state index contributed by atoms with van der Waals surface area (Å²) in [7, 11) is -2.67. The summed E-state index contributed by atoms with van der Waals surface area (Å²) in [5.41, 5.74) is 0.472. The molecule has 0 bridgehead atoms. The van der Waals surface area contributed by atoms with Crippen LogP contribution in [-0.4, -0.2) is 20.9 Å². The second-order valence-corrected chi connectivity index (χ2v) is 11.6. The van der Waals surface area contributed by atoms with E-state index in [1.54, 1.807) is 20.1 Å². The lowest BCUT2D eigenvalue weighted by molar-refractivity contribution is -0.138. The second-order valence-electron chi connectivity index (χ2n) is 7.30. The minimum atomic E-state index is -2.67. The van der Waals surface area contributed by atoms with Crippen molar-refractivity contribution in [3.05, 3.63) is 72.5 Å². The van der Waals surface area contributed by atoms with Gasteiger partial charge in [-0.15, -0.1) is 0 Å². The summed E-state index contributed by atoms with van der Waals surface area (Å²) in [5.74, 6) is -0.342. The monoisotopic (exact) mass is 368 g/mol. The molecule has 0 unspecified atom stereocenters. The number of hydrogen-bond acceptors (Lipinski definition) is 3. The van der Waals surface area contributed by atoms with E-state index < -0.39 is 8.32 Å². The van der Waals surface area contributed by atoms with Crippen LogP contribution in [0.1, 0.15) is 34.6 Å². The Bertz CT molecular complexity index is 706. The van der Waals surface area contributed by atoms with Crippen molar-refractivity contribution in [3.8, 4) is 0 Å². The summed E-state index contributed by atoms with van der Waals surface area (Å²) in [4.78, 5) is 12.0. The standard InChI is InChI=1S/C22H28O3Si/c1-6-24-21(23)18(2)17-25-26(22(3,4)5,19-13-9-7-10-14-19)20-15-11-8-12-16-20/h7-17H,6H2,1-5H3. The maximum atomic E-state index is 12.0. The number of carbonyl (C=O) groups is 1. The third-order valence-corrected chi connectivity index (χ3v) is 9.30. The van der Waals surface area contributed by atoms with Crippen LogP contribution in [0.3, 0.4) is 0 Å². The molecule has 0 radical (unpaired) electrons. The molecular formula is C22H28O3Si. The summed E-state index contributed by atoms with van der Waals surface area (Å²) in [6, 6.07) is 20.7. The van der Waals surface area contributed by atoms with E-state index in [0.29, 0.717) is 12.2 Å². The molecule has 0 atom stereocenters. The molecule has 3 nitrogen and oxygen atoms in total. The SMILES string of the molecule is CCOC(=O)C(C)=CO[Si](c1ccccc1)(c1ccccc1)C(C)(C)C. The number of ether oxygens (including phenoxy) is 1. The third kappa shape index (κ3) is 4.07. The first-order chi connectivity index (χ1) is 12.3. The third-order valence-electron chi connectivity index (χ3n) is 4.43. The first kappa shape index (κ1) is 20.0. The average molecular weight is 369 g/mol. The van der Waals surface area contributed by atoms with Gasteiger partial charge in [0, 0.05) is 0 Å². The van der Waals surface area contributed by atoms with Crippen LogP contribution in [0.2, 0.25) is 5.04 Å². The van der Waals surface area contributed by atoms with Gasteiger partial charge in [0.05, 0.1) is 18.4 Å². The Labute approximate surface area is 157 Å². The van der Waals surface area contributed by atoms with Crippen molar-refractivity contribution in [1.29, 1.82) is 0 Å². The van der Waals surface area contributed by atoms with E-state index in [0.717, 1.165) is 0 Å². The smallest absolute Gasteiger partial charge is 0.336 e. The highest BCUT2D eigenvalue weighted by Crippen LogP contribution is 2.37. The lowest BCUT2D eigenvalue weighted by atomic mass is 10.2. The first-order valence-electron chi connectivity index (χ1n) is 8.95. The van der Waals surface area contributed by atoms with E-state index in [4.69, 9.17) is 9.16 Å². The van der Waals surface area contributed by atoms with Crippen molar-refractivity contribution in [3.63, 3.8) is 0 Å². The van der Waals surface area contributed by atoms with Crippen LogP contribution in [-0.2, 0) is 14.0 Å². The number of carbonyl (C=O) groups excluding carboxylic acids is 1. The molecule has 0 aliphatic carbocycles. The molecule has 2 aromatic carbocycles. The van der Waals surface area contributed by atoms with Crippen molar-refractivity contribution in [2.75, 3.05) is 6.61 Å². The Morgan fingerprint density at radius 1 is 0.962 bits per heavy atom. The summed E-state index contributed by atoms with van der Waals surface area (Å²) in [5, 5.41) is 2.21. The molecule has 2 rings (SSSR count). The van der Waals surface area contributed by atoms with Gasteiger partial charge in [-0.3, -0.25) is 0 Å². The molecule has 26 heavy (non-hydrogen) atoms. The van der Waals surface area contributed by atoms with Crippen molar-refractivity contribution in [2.45, 2.75) is 39.7 Å². The molecule has 138 valence electrons. The number of rotatable bonds is 6. The predicted molar refractivity (Wildman–Crippen MR) is 109 cm³/mol. The van der Waals surface area contributed by atoms with Crippen LogP contribution in [0.15, 0.2) is 72.5 Å². The molecule has 0 aliphatic heterocycles. The van der Waals surface area contributed by atoms with Gasteiger partial charge in [0.25, 0.3) is 0 Å². The highest BCUT2D eigenvalue weighted by Gasteiger charge is 2.51. The zero-order valence-electron chi connectivity index (χ0n) is 16.3. The van der Waals surface area contributed by atoms with Gasteiger partial charge in [-0.2, -0.15) is 0 Å². The number of esters is 1. The molecule has 0 N–H and O–H groups in total. The summed E-state index contributed by atoms with van der Waals surface area (Å²) in [6.07, 6.45) is 1.59. The van der Waals surface area contributed by atoms with Crippen molar-refractivity contribution in [1.82, 2.24) is 0 Å². The van der Waals surface area contributed by atoms with E-state index in [9.17, 15) is 4.79 Å². The lowest BCUT2D eigenvalue weighted by Gasteiger charge is -2.42. The topological polar surface area (TPSA) is 35.5 Å². The highest BCUT2D eigenvalue weighted by molar-refractivity contribution is 6.99. The molecule has 0 spiro atoms. The fourth-order valence-corrected chi connectivity index (χ4v) is 7.53. The zero-order valence-corrected chi connectivity index (χ0v) is 17.3. The second kappa shape index (κ2) is 8.36. The summed E-state index contributed by atoms with van der Waals surface area (Å²) in [6.45, 7) is 10.5. The fourth-order valence-electron chi connectivity index (χ4n) is 3.16. The molecule has 0 aliphatic rings.